The Morgan fingerprint density at radius 1 is 1.64 bits per heavy atom. The Morgan fingerprint density at radius 3 is 2.91 bits per heavy atom. The molecule has 0 spiro atoms. The molecule has 0 saturated heterocycles. The largest absolute Gasteiger partial charge is 0.355 e. The predicted octanol–water partition coefficient (Wildman–Crippen LogP) is 0.623. The van der Waals surface area contributed by atoms with Crippen LogP contribution < -0.4 is 5.32 Å². The van der Waals surface area contributed by atoms with Crippen LogP contribution in [0.1, 0.15) is 15.9 Å². The molecule has 0 bridgehead atoms. The molecule has 0 unspecified atom stereocenters. The quantitative estimate of drug-likeness (QED) is 0.636. The second kappa shape index (κ2) is 3.14. The Kier molecular flexibility index (Phi) is 2.21. The molecular formula is C8H9N2O. The fourth-order valence-corrected chi connectivity index (χ4v) is 0.756. The lowest BCUT2D eigenvalue weighted by Gasteiger charge is -1.98. The minimum Gasteiger partial charge on any atom is -0.355 e. The minimum atomic E-state index is -0.136. The molecule has 0 fully saturated rings. The number of carbonyl (C=O) groups is 1. The van der Waals surface area contributed by atoms with Gasteiger partial charge in [0.25, 0.3) is 5.91 Å². The third-order valence-electron chi connectivity index (χ3n) is 1.28. The average molecular weight is 149 g/mol. The van der Waals surface area contributed by atoms with Gasteiger partial charge in [-0.25, -0.2) is 0 Å². The second-order valence-electron chi connectivity index (χ2n) is 2.16. The van der Waals surface area contributed by atoms with E-state index in [1.807, 2.05) is 0 Å². The molecule has 11 heavy (non-hydrogen) atoms. The molecule has 1 amide bonds. The molecule has 1 rings (SSSR count). The van der Waals surface area contributed by atoms with Crippen LogP contribution in [-0.2, 0) is 0 Å². The van der Waals surface area contributed by atoms with E-state index < -0.39 is 0 Å². The van der Waals surface area contributed by atoms with Gasteiger partial charge >= 0.3 is 0 Å². The summed E-state index contributed by atoms with van der Waals surface area (Å²) in [5, 5.41) is 2.50. The summed E-state index contributed by atoms with van der Waals surface area (Å²) in [6.07, 6.45) is 3.11. The summed E-state index contributed by atoms with van der Waals surface area (Å²) in [4.78, 5) is 14.8. The molecule has 1 N–H and O–H groups in total. The lowest BCUT2D eigenvalue weighted by molar-refractivity contribution is 0.0962. The topological polar surface area (TPSA) is 42.0 Å². The van der Waals surface area contributed by atoms with E-state index in [9.17, 15) is 4.79 Å². The molecule has 0 aliphatic rings. The number of rotatable bonds is 1. The van der Waals surface area contributed by atoms with Gasteiger partial charge in [0.1, 0.15) is 0 Å². The minimum absolute atomic E-state index is 0.136. The number of aromatic nitrogens is 1. The molecule has 3 heteroatoms. The molecule has 3 nitrogen and oxygen atoms in total. The van der Waals surface area contributed by atoms with Crippen LogP contribution in [0.15, 0.2) is 18.5 Å². The van der Waals surface area contributed by atoms with Crippen LogP contribution in [0.4, 0.5) is 0 Å². The van der Waals surface area contributed by atoms with E-state index in [2.05, 4.69) is 17.2 Å². The van der Waals surface area contributed by atoms with Gasteiger partial charge in [-0.15, -0.1) is 0 Å². The lowest BCUT2D eigenvalue weighted by Crippen LogP contribution is -2.17. The highest BCUT2D eigenvalue weighted by molar-refractivity contribution is 5.93. The molecule has 0 saturated carbocycles. The maximum atomic E-state index is 11.0. The Balaban J connectivity index is 2.96. The number of nitrogens with zero attached hydrogens (tertiary/aromatic N) is 1. The first kappa shape index (κ1) is 7.72. The van der Waals surface area contributed by atoms with Crippen molar-refractivity contribution in [3.63, 3.8) is 0 Å². The molecule has 1 aromatic heterocycles. The van der Waals surface area contributed by atoms with Crippen LogP contribution in [0.3, 0.4) is 0 Å². The predicted molar refractivity (Wildman–Crippen MR) is 42.1 cm³/mol. The van der Waals surface area contributed by atoms with Gasteiger partial charge in [0, 0.05) is 19.4 Å². The second-order valence-corrected chi connectivity index (χ2v) is 2.16. The standard InChI is InChI=1S/C8H9N2O/c1-6-3-7(5-10-4-6)8(11)9-2/h3-5H,1H2,2H3,(H,9,11). The Bertz CT molecular complexity index is 271. The van der Waals surface area contributed by atoms with Crippen LogP contribution in [0.5, 0.6) is 0 Å². The highest BCUT2D eigenvalue weighted by Gasteiger charge is 2.01. The Morgan fingerprint density at radius 2 is 2.36 bits per heavy atom. The Labute approximate surface area is 65.5 Å². The summed E-state index contributed by atoms with van der Waals surface area (Å²) in [6.45, 7) is 3.66. The highest BCUT2D eigenvalue weighted by Crippen LogP contribution is 1.99. The number of hydrogen-bond acceptors (Lipinski definition) is 2. The van der Waals surface area contributed by atoms with Gasteiger partial charge in [0.2, 0.25) is 0 Å². The van der Waals surface area contributed by atoms with Gasteiger partial charge in [0.15, 0.2) is 0 Å². The zero-order valence-corrected chi connectivity index (χ0v) is 6.29. The molecule has 0 aliphatic carbocycles. The van der Waals surface area contributed by atoms with Crippen molar-refractivity contribution < 1.29 is 4.79 Å². The third kappa shape index (κ3) is 1.77. The first-order chi connectivity index (χ1) is 5.24. The maximum absolute atomic E-state index is 11.0. The summed E-state index contributed by atoms with van der Waals surface area (Å²) >= 11 is 0. The summed E-state index contributed by atoms with van der Waals surface area (Å²) in [7, 11) is 1.58. The van der Waals surface area contributed by atoms with E-state index in [0.717, 1.165) is 5.56 Å². The van der Waals surface area contributed by atoms with Crippen LogP contribution in [0.2, 0.25) is 0 Å². The maximum Gasteiger partial charge on any atom is 0.252 e. The molecular weight excluding hydrogens is 140 g/mol. The summed E-state index contributed by atoms with van der Waals surface area (Å²) < 4.78 is 0. The van der Waals surface area contributed by atoms with Crippen molar-refractivity contribution in [3.05, 3.63) is 36.5 Å². The molecule has 1 heterocycles. The molecule has 0 atom stereocenters. The summed E-state index contributed by atoms with van der Waals surface area (Å²) in [5.74, 6) is -0.136. The average Bonchev–Trinajstić information content (AvgIpc) is 2.03. The first-order valence-corrected chi connectivity index (χ1v) is 3.23. The van der Waals surface area contributed by atoms with Gasteiger partial charge in [-0.1, -0.05) is 0 Å². The van der Waals surface area contributed by atoms with Crippen LogP contribution in [0.25, 0.3) is 0 Å². The normalized spacial score (nSPS) is 9.27. The van der Waals surface area contributed by atoms with Crippen molar-refractivity contribution in [2.75, 3.05) is 7.05 Å². The van der Waals surface area contributed by atoms with Crippen LogP contribution in [-0.4, -0.2) is 17.9 Å². The SMILES string of the molecule is [CH2]c1cncc(C(=O)NC)c1. The summed E-state index contributed by atoms with van der Waals surface area (Å²) in [5.41, 5.74) is 1.28. The van der Waals surface area contributed by atoms with Crippen molar-refractivity contribution in [2.45, 2.75) is 0 Å². The third-order valence-corrected chi connectivity index (χ3v) is 1.28. The molecule has 1 radical (unpaired) electrons. The van der Waals surface area contributed by atoms with Crippen molar-refractivity contribution in [1.82, 2.24) is 10.3 Å². The van der Waals surface area contributed by atoms with Crippen LogP contribution in [0, 0.1) is 6.92 Å². The van der Waals surface area contributed by atoms with E-state index >= 15 is 0 Å². The fourth-order valence-electron chi connectivity index (χ4n) is 0.756. The number of hydrogen-bond donors (Lipinski definition) is 1. The molecule has 0 aromatic carbocycles. The van der Waals surface area contributed by atoms with Gasteiger partial charge in [-0.2, -0.15) is 0 Å². The molecule has 1 aromatic rings. The van der Waals surface area contributed by atoms with E-state index in [0.29, 0.717) is 5.56 Å². The van der Waals surface area contributed by atoms with Crippen LogP contribution >= 0.6 is 0 Å². The monoisotopic (exact) mass is 149 g/mol. The number of amides is 1. The highest BCUT2D eigenvalue weighted by atomic mass is 16.1. The van der Waals surface area contributed by atoms with Crippen molar-refractivity contribution in [1.29, 1.82) is 0 Å². The van der Waals surface area contributed by atoms with Gasteiger partial charge in [-0.3, -0.25) is 9.78 Å². The molecule has 57 valence electrons. The number of carbonyl (C=O) groups excluding carboxylic acids is 1. The number of nitrogens with one attached hydrogen (secondary N) is 1. The van der Waals surface area contributed by atoms with Crippen molar-refractivity contribution in [2.24, 2.45) is 0 Å². The van der Waals surface area contributed by atoms with Crippen molar-refractivity contribution >= 4 is 5.91 Å². The van der Waals surface area contributed by atoms with E-state index in [1.54, 1.807) is 19.3 Å². The van der Waals surface area contributed by atoms with Gasteiger partial charge in [0.05, 0.1) is 5.56 Å². The van der Waals surface area contributed by atoms with Gasteiger partial charge in [-0.05, 0) is 18.6 Å². The first-order valence-electron chi connectivity index (χ1n) is 3.23. The van der Waals surface area contributed by atoms with Gasteiger partial charge < -0.3 is 5.32 Å². The number of pyridine rings is 1. The van der Waals surface area contributed by atoms with Crippen molar-refractivity contribution in [3.8, 4) is 0 Å². The lowest BCUT2D eigenvalue weighted by atomic mass is 10.2. The Hall–Kier alpha value is -1.38. The zero-order valence-electron chi connectivity index (χ0n) is 6.29. The smallest absolute Gasteiger partial charge is 0.252 e. The molecule has 0 aliphatic heterocycles. The van der Waals surface area contributed by atoms with E-state index in [4.69, 9.17) is 0 Å². The zero-order chi connectivity index (χ0) is 8.27. The summed E-state index contributed by atoms with van der Waals surface area (Å²) in [6, 6.07) is 1.69. The van der Waals surface area contributed by atoms with E-state index in [1.165, 1.54) is 6.20 Å². The fraction of sp³-hybridized carbons (Fsp3) is 0.125. The van der Waals surface area contributed by atoms with E-state index in [-0.39, 0.29) is 5.91 Å².